The molecule has 2 aromatic rings. The van der Waals surface area contributed by atoms with E-state index in [0.717, 1.165) is 0 Å². The van der Waals surface area contributed by atoms with Crippen LogP contribution in [0.4, 0.5) is 4.79 Å². The van der Waals surface area contributed by atoms with E-state index in [0.29, 0.717) is 19.7 Å². The zero-order valence-corrected chi connectivity index (χ0v) is 17.9. The Kier molecular flexibility index (Phi) is 11.2. The van der Waals surface area contributed by atoms with E-state index in [1.807, 2.05) is 24.3 Å². The molecular formula is C23H30N2O7. The third-order valence-corrected chi connectivity index (χ3v) is 4.59. The number of aliphatic carboxylic acids is 1. The molecule has 0 saturated carbocycles. The molecule has 5 N–H and O–H groups in total. The van der Waals surface area contributed by atoms with Crippen molar-refractivity contribution < 1.29 is 34.0 Å². The number of alkyl carbamates (subject to hydrolysis) is 1. The van der Waals surface area contributed by atoms with E-state index < -0.39 is 12.1 Å². The zero-order valence-electron chi connectivity index (χ0n) is 17.9. The van der Waals surface area contributed by atoms with Crippen LogP contribution in [0.25, 0.3) is 11.1 Å². The summed E-state index contributed by atoms with van der Waals surface area (Å²) in [5, 5.41) is 18.8. The highest BCUT2D eigenvalue weighted by Crippen LogP contribution is 2.44. The Labute approximate surface area is 187 Å². The summed E-state index contributed by atoms with van der Waals surface area (Å²) in [6.07, 6.45) is -0.493. The first-order valence-corrected chi connectivity index (χ1v) is 10.4. The number of ether oxygens (including phenoxy) is 3. The van der Waals surface area contributed by atoms with Crippen LogP contribution < -0.4 is 11.1 Å². The lowest BCUT2D eigenvalue weighted by Gasteiger charge is -2.14. The van der Waals surface area contributed by atoms with Gasteiger partial charge in [-0.1, -0.05) is 48.5 Å². The minimum atomic E-state index is -1.02. The number of carbonyl (C=O) groups is 2. The van der Waals surface area contributed by atoms with E-state index in [1.54, 1.807) is 0 Å². The van der Waals surface area contributed by atoms with E-state index in [1.165, 1.54) is 22.3 Å². The van der Waals surface area contributed by atoms with Gasteiger partial charge in [-0.2, -0.15) is 0 Å². The molecule has 0 radical (unpaired) electrons. The van der Waals surface area contributed by atoms with Crippen molar-refractivity contribution >= 4 is 12.1 Å². The van der Waals surface area contributed by atoms with Crippen LogP contribution in [-0.2, 0) is 19.0 Å². The lowest BCUT2D eigenvalue weighted by molar-refractivity contribution is -0.142. The Bertz CT molecular complexity index is 812. The molecule has 0 saturated heterocycles. The van der Waals surface area contributed by atoms with Crippen molar-refractivity contribution in [1.29, 1.82) is 0 Å². The van der Waals surface area contributed by atoms with Gasteiger partial charge in [0, 0.05) is 19.0 Å². The molecule has 1 aliphatic carbocycles. The average molecular weight is 447 g/mol. The second-order valence-electron chi connectivity index (χ2n) is 6.82. The van der Waals surface area contributed by atoms with Crippen molar-refractivity contribution in [3.05, 3.63) is 59.7 Å². The van der Waals surface area contributed by atoms with Crippen LogP contribution in [0.1, 0.15) is 17.0 Å². The summed E-state index contributed by atoms with van der Waals surface area (Å²) < 4.78 is 15.5. The number of nitrogens with two attached hydrogens (primary N) is 1. The molecule has 0 bridgehead atoms. The first-order chi connectivity index (χ1) is 15.6. The van der Waals surface area contributed by atoms with E-state index >= 15 is 0 Å². The van der Waals surface area contributed by atoms with Crippen molar-refractivity contribution in [3.8, 4) is 11.1 Å². The van der Waals surface area contributed by atoms with Crippen LogP contribution in [0.3, 0.4) is 0 Å². The van der Waals surface area contributed by atoms with E-state index in [2.05, 4.69) is 29.6 Å². The highest BCUT2D eigenvalue weighted by molar-refractivity contribution is 5.79. The standard InChI is InChI=1S/C21H23NO6.C2H7NO/c23-20(24)14-27-12-11-26-10-9-22-21(25)28-13-19-17-7-3-1-5-15(17)16-6-2-4-8-18(16)19;3-1-2-4/h1-8,19H,9-14H2,(H,22,25)(H,23,24);4H,1-3H2. The summed E-state index contributed by atoms with van der Waals surface area (Å²) in [5.41, 5.74) is 9.48. The van der Waals surface area contributed by atoms with Gasteiger partial charge in [0.1, 0.15) is 13.2 Å². The summed E-state index contributed by atoms with van der Waals surface area (Å²) in [6, 6.07) is 16.3. The van der Waals surface area contributed by atoms with Gasteiger partial charge >= 0.3 is 12.1 Å². The largest absolute Gasteiger partial charge is 0.480 e. The Balaban J connectivity index is 0.000000837. The van der Waals surface area contributed by atoms with Gasteiger partial charge in [0.05, 0.1) is 26.4 Å². The second kappa shape index (κ2) is 14.2. The number of hydrogen-bond acceptors (Lipinski definition) is 7. The van der Waals surface area contributed by atoms with E-state index in [-0.39, 0.29) is 39.0 Å². The molecular weight excluding hydrogens is 416 g/mol. The number of carboxylic acids is 1. The van der Waals surface area contributed by atoms with Crippen molar-refractivity contribution in [1.82, 2.24) is 5.32 Å². The van der Waals surface area contributed by atoms with Crippen LogP contribution in [0.15, 0.2) is 48.5 Å². The van der Waals surface area contributed by atoms with Crippen LogP contribution in [-0.4, -0.2) is 75.0 Å². The number of carbonyl (C=O) groups excluding carboxylic acids is 1. The first kappa shape index (κ1) is 25.3. The molecule has 9 nitrogen and oxygen atoms in total. The Morgan fingerprint density at radius 1 is 0.938 bits per heavy atom. The van der Waals surface area contributed by atoms with Crippen molar-refractivity contribution in [2.24, 2.45) is 5.73 Å². The van der Waals surface area contributed by atoms with Gasteiger partial charge in [-0.05, 0) is 22.3 Å². The van der Waals surface area contributed by atoms with Gasteiger partial charge in [-0.15, -0.1) is 0 Å². The molecule has 1 amide bonds. The fourth-order valence-electron chi connectivity index (χ4n) is 3.25. The Hall–Kier alpha value is -2.98. The topological polar surface area (TPSA) is 140 Å². The predicted molar refractivity (Wildman–Crippen MR) is 118 cm³/mol. The number of rotatable bonds is 11. The number of carboxylic acid groups (broad SMARTS) is 1. The Morgan fingerprint density at radius 3 is 2.06 bits per heavy atom. The maximum absolute atomic E-state index is 12.0. The summed E-state index contributed by atoms with van der Waals surface area (Å²) in [6.45, 7) is 1.44. The number of nitrogens with one attached hydrogen (secondary N) is 1. The second-order valence-corrected chi connectivity index (χ2v) is 6.82. The van der Waals surface area contributed by atoms with Crippen LogP contribution in [0, 0.1) is 0 Å². The molecule has 2 aromatic carbocycles. The average Bonchev–Trinajstić information content (AvgIpc) is 3.13. The van der Waals surface area contributed by atoms with Crippen LogP contribution in [0.2, 0.25) is 0 Å². The third-order valence-electron chi connectivity index (χ3n) is 4.59. The smallest absolute Gasteiger partial charge is 0.407 e. The molecule has 0 atom stereocenters. The summed E-state index contributed by atoms with van der Waals surface area (Å²) in [7, 11) is 0. The zero-order chi connectivity index (χ0) is 23.2. The van der Waals surface area contributed by atoms with Crippen molar-refractivity contribution in [3.63, 3.8) is 0 Å². The number of aliphatic hydroxyl groups excluding tert-OH is 1. The maximum Gasteiger partial charge on any atom is 0.407 e. The SMILES string of the molecule is NCCO.O=C(O)COCCOCCNC(=O)OCC1c2ccccc2-c2ccccc21. The molecule has 0 unspecified atom stereocenters. The monoisotopic (exact) mass is 446 g/mol. The maximum atomic E-state index is 12.0. The number of fused-ring (bicyclic) bond motifs is 3. The van der Waals surface area contributed by atoms with Gasteiger partial charge in [0.15, 0.2) is 0 Å². The van der Waals surface area contributed by atoms with Gasteiger partial charge in [-0.25, -0.2) is 9.59 Å². The van der Waals surface area contributed by atoms with Gasteiger partial charge in [-0.3, -0.25) is 0 Å². The molecule has 3 rings (SSSR count). The lowest BCUT2D eigenvalue weighted by Crippen LogP contribution is -2.29. The molecule has 0 aromatic heterocycles. The summed E-state index contributed by atoms with van der Waals surface area (Å²) in [5.74, 6) is -0.988. The molecule has 0 spiro atoms. The fraction of sp³-hybridized carbons (Fsp3) is 0.391. The molecule has 9 heteroatoms. The number of aliphatic hydroxyl groups is 1. The first-order valence-electron chi connectivity index (χ1n) is 10.4. The van der Waals surface area contributed by atoms with Crippen LogP contribution >= 0.6 is 0 Å². The third kappa shape index (κ3) is 7.93. The molecule has 174 valence electrons. The quantitative estimate of drug-likeness (QED) is 0.382. The van der Waals surface area contributed by atoms with Gasteiger partial charge < -0.3 is 35.5 Å². The van der Waals surface area contributed by atoms with Gasteiger partial charge in [0.25, 0.3) is 0 Å². The van der Waals surface area contributed by atoms with Crippen LogP contribution in [0.5, 0.6) is 0 Å². The molecule has 0 fully saturated rings. The molecule has 0 heterocycles. The minimum Gasteiger partial charge on any atom is -0.480 e. The van der Waals surface area contributed by atoms with Crippen molar-refractivity contribution in [2.45, 2.75) is 5.92 Å². The highest BCUT2D eigenvalue weighted by Gasteiger charge is 2.28. The number of hydrogen-bond donors (Lipinski definition) is 4. The number of amides is 1. The predicted octanol–water partition coefficient (Wildman–Crippen LogP) is 1.58. The lowest BCUT2D eigenvalue weighted by atomic mass is 9.98. The molecule has 0 aliphatic heterocycles. The van der Waals surface area contributed by atoms with Crippen molar-refractivity contribution in [2.75, 3.05) is 52.7 Å². The van der Waals surface area contributed by atoms with E-state index in [9.17, 15) is 9.59 Å². The number of benzene rings is 2. The minimum absolute atomic E-state index is 0.0285. The highest BCUT2D eigenvalue weighted by atomic mass is 16.6. The van der Waals surface area contributed by atoms with Gasteiger partial charge in [0.2, 0.25) is 0 Å². The molecule has 32 heavy (non-hydrogen) atoms. The fourth-order valence-corrected chi connectivity index (χ4v) is 3.25. The molecule has 1 aliphatic rings. The van der Waals surface area contributed by atoms with E-state index in [4.69, 9.17) is 30.2 Å². The Morgan fingerprint density at radius 2 is 1.50 bits per heavy atom. The normalized spacial score (nSPS) is 11.7. The summed E-state index contributed by atoms with van der Waals surface area (Å²) >= 11 is 0. The summed E-state index contributed by atoms with van der Waals surface area (Å²) in [4.78, 5) is 22.2.